The number of nitrogens with zero attached hydrogens (tertiary/aromatic N) is 3. The lowest BCUT2D eigenvalue weighted by molar-refractivity contribution is -0.104. The van der Waals surface area contributed by atoms with Gasteiger partial charge in [0.25, 0.3) is 0 Å². The summed E-state index contributed by atoms with van der Waals surface area (Å²) in [5, 5.41) is 42.1. The Kier molecular flexibility index (Phi) is 3.32. The zero-order valence-electron chi connectivity index (χ0n) is 11.6. The lowest BCUT2D eigenvalue weighted by atomic mass is 9.81. The maximum Gasteiger partial charge on any atom is 0.222 e. The average molecular weight is 322 g/mol. The summed E-state index contributed by atoms with van der Waals surface area (Å²) < 4.78 is 5.57. The first kappa shape index (κ1) is 15.1. The molecule has 3 rings (SSSR count). The molecule has 0 saturated carbocycles. The van der Waals surface area contributed by atoms with Crippen molar-refractivity contribution in [2.24, 2.45) is 0 Å². The summed E-state index contributed by atoms with van der Waals surface area (Å²) in [6.45, 7) is 0.772. The monoisotopic (exact) mass is 322 g/mol. The minimum atomic E-state index is -1.92. The first-order valence-corrected chi connectivity index (χ1v) is 7.35. The van der Waals surface area contributed by atoms with E-state index in [0.29, 0.717) is 15.8 Å². The molecule has 0 bridgehead atoms. The molecule has 0 spiro atoms. The van der Waals surface area contributed by atoms with Crippen molar-refractivity contribution in [3.63, 3.8) is 0 Å². The van der Waals surface area contributed by atoms with Gasteiger partial charge in [-0.15, -0.1) is 11.3 Å². The van der Waals surface area contributed by atoms with E-state index in [0.717, 1.165) is 11.3 Å². The molecule has 0 aromatic carbocycles. The summed E-state index contributed by atoms with van der Waals surface area (Å²) >= 11 is 1.13. The Hall–Kier alpha value is -1.83. The number of anilines is 1. The van der Waals surface area contributed by atoms with Crippen LogP contribution >= 0.6 is 11.3 Å². The lowest BCUT2D eigenvalue weighted by Crippen LogP contribution is -2.51. The standard InChI is InChI=1S/C13H14N4O4S/c1-12(20)9(19)7(2-18)21-13(12,4-14)10-8-6(3-22-10)11(15)17-5-16-8/h3,5,7,9,18-20H,2H2,1H3,(H2,15,16,17)/t7-,9-,12-,13+/m1/s1. The molecule has 3 heterocycles. The van der Waals surface area contributed by atoms with Crippen LogP contribution in [0.25, 0.3) is 10.9 Å². The largest absolute Gasteiger partial charge is 0.394 e. The van der Waals surface area contributed by atoms with Crippen LogP contribution in [-0.2, 0) is 10.3 Å². The van der Waals surface area contributed by atoms with Gasteiger partial charge in [0.2, 0.25) is 5.60 Å². The molecular weight excluding hydrogens is 308 g/mol. The zero-order chi connectivity index (χ0) is 16.1. The Labute approximate surface area is 129 Å². The van der Waals surface area contributed by atoms with Gasteiger partial charge < -0.3 is 25.8 Å². The van der Waals surface area contributed by atoms with Crippen LogP contribution in [0.5, 0.6) is 0 Å². The van der Waals surface area contributed by atoms with Crippen molar-refractivity contribution in [3.8, 4) is 6.07 Å². The topological polar surface area (TPSA) is 146 Å². The minimum absolute atomic E-state index is 0.248. The van der Waals surface area contributed by atoms with E-state index in [1.165, 1.54) is 13.3 Å². The predicted molar refractivity (Wildman–Crippen MR) is 77.7 cm³/mol. The van der Waals surface area contributed by atoms with E-state index in [1.807, 2.05) is 6.07 Å². The number of aliphatic hydroxyl groups excluding tert-OH is 2. The zero-order valence-corrected chi connectivity index (χ0v) is 12.4. The summed E-state index contributed by atoms with van der Waals surface area (Å²) in [5.41, 5.74) is 2.38. The fraction of sp³-hybridized carbons (Fsp3) is 0.462. The molecule has 1 fully saturated rings. The molecular formula is C13H14N4O4S. The highest BCUT2D eigenvalue weighted by Gasteiger charge is 2.65. The van der Waals surface area contributed by atoms with Crippen molar-refractivity contribution in [3.05, 3.63) is 16.6 Å². The molecule has 0 radical (unpaired) electrons. The van der Waals surface area contributed by atoms with Crippen LogP contribution in [0.1, 0.15) is 11.8 Å². The van der Waals surface area contributed by atoms with Crippen molar-refractivity contribution in [2.75, 3.05) is 12.3 Å². The third-order valence-corrected chi connectivity index (χ3v) is 5.12. The Bertz CT molecular complexity index is 771. The second-order valence-corrected chi connectivity index (χ2v) is 6.19. The number of hydrogen-bond acceptors (Lipinski definition) is 9. The first-order chi connectivity index (χ1) is 10.4. The molecule has 5 N–H and O–H groups in total. The van der Waals surface area contributed by atoms with E-state index in [1.54, 1.807) is 5.38 Å². The lowest BCUT2D eigenvalue weighted by Gasteiger charge is -2.32. The molecule has 1 saturated heterocycles. The highest BCUT2D eigenvalue weighted by Crippen LogP contribution is 2.50. The van der Waals surface area contributed by atoms with E-state index in [-0.39, 0.29) is 5.82 Å². The fourth-order valence-corrected chi connectivity index (χ4v) is 3.93. The van der Waals surface area contributed by atoms with Crippen molar-refractivity contribution in [2.45, 2.75) is 30.3 Å². The van der Waals surface area contributed by atoms with Gasteiger partial charge in [-0.2, -0.15) is 5.26 Å². The first-order valence-electron chi connectivity index (χ1n) is 6.47. The number of ether oxygens (including phenoxy) is 1. The Morgan fingerprint density at radius 1 is 1.55 bits per heavy atom. The van der Waals surface area contributed by atoms with Gasteiger partial charge in [-0.1, -0.05) is 0 Å². The molecule has 0 aliphatic carbocycles. The van der Waals surface area contributed by atoms with Crippen LogP contribution in [0, 0.1) is 11.3 Å². The number of hydrogen-bond donors (Lipinski definition) is 4. The van der Waals surface area contributed by atoms with E-state index in [9.17, 15) is 20.6 Å². The van der Waals surface area contributed by atoms with Crippen LogP contribution in [0.2, 0.25) is 0 Å². The number of nitrogen functional groups attached to an aromatic ring is 1. The van der Waals surface area contributed by atoms with Crippen LogP contribution in [0.3, 0.4) is 0 Å². The van der Waals surface area contributed by atoms with E-state index in [2.05, 4.69) is 9.97 Å². The van der Waals surface area contributed by atoms with Gasteiger partial charge in [0.1, 0.15) is 36.0 Å². The number of rotatable bonds is 2. The van der Waals surface area contributed by atoms with Gasteiger partial charge in [-0.25, -0.2) is 9.97 Å². The number of aromatic nitrogens is 2. The number of thiophene rings is 1. The summed E-state index contributed by atoms with van der Waals surface area (Å²) in [6.07, 6.45) is -1.25. The van der Waals surface area contributed by atoms with Crippen LogP contribution in [0.15, 0.2) is 11.7 Å². The highest BCUT2D eigenvalue weighted by atomic mass is 32.1. The van der Waals surface area contributed by atoms with Crippen LogP contribution in [-0.4, -0.2) is 49.7 Å². The van der Waals surface area contributed by atoms with E-state index < -0.39 is 30.0 Å². The molecule has 22 heavy (non-hydrogen) atoms. The van der Waals surface area contributed by atoms with Crippen molar-refractivity contribution in [1.82, 2.24) is 9.97 Å². The predicted octanol–water partition coefficient (Wildman–Crippen LogP) is -0.505. The molecule has 1 aliphatic heterocycles. The van der Waals surface area contributed by atoms with Gasteiger partial charge in [-0.05, 0) is 6.92 Å². The molecule has 0 amide bonds. The van der Waals surface area contributed by atoms with Crippen molar-refractivity contribution < 1.29 is 20.1 Å². The molecule has 2 aromatic rings. The van der Waals surface area contributed by atoms with Crippen LogP contribution in [0.4, 0.5) is 5.82 Å². The smallest absolute Gasteiger partial charge is 0.222 e. The van der Waals surface area contributed by atoms with Crippen LogP contribution < -0.4 is 5.73 Å². The second kappa shape index (κ2) is 4.84. The number of nitrogens with two attached hydrogens (primary N) is 1. The maximum atomic E-state index is 10.7. The molecule has 8 nitrogen and oxygen atoms in total. The second-order valence-electron chi connectivity index (χ2n) is 5.31. The SMILES string of the molecule is C[C@@]1(O)[C@H](O)[C@@H](CO)O[C@@]1(C#N)c1scc2c(N)ncnc12. The Morgan fingerprint density at radius 2 is 2.27 bits per heavy atom. The van der Waals surface area contributed by atoms with Gasteiger partial charge in [-0.3, -0.25) is 0 Å². The van der Waals surface area contributed by atoms with E-state index in [4.69, 9.17) is 10.5 Å². The third kappa shape index (κ3) is 1.70. The highest BCUT2D eigenvalue weighted by molar-refractivity contribution is 7.11. The molecule has 1 aliphatic rings. The van der Waals surface area contributed by atoms with Crippen molar-refractivity contribution in [1.29, 1.82) is 5.26 Å². The Morgan fingerprint density at radius 3 is 2.86 bits per heavy atom. The number of nitriles is 1. The Balaban J connectivity index is 2.27. The number of fused-ring (bicyclic) bond motifs is 1. The number of aliphatic hydroxyl groups is 3. The van der Waals surface area contributed by atoms with Crippen molar-refractivity contribution >= 4 is 28.1 Å². The summed E-state index contributed by atoms with van der Waals surface area (Å²) in [4.78, 5) is 8.31. The molecule has 116 valence electrons. The van der Waals surface area contributed by atoms with Gasteiger partial charge in [0.05, 0.1) is 22.4 Å². The molecule has 2 aromatic heterocycles. The summed E-state index contributed by atoms with van der Waals surface area (Å²) in [6, 6.07) is 1.94. The third-order valence-electron chi connectivity index (χ3n) is 4.05. The minimum Gasteiger partial charge on any atom is -0.394 e. The average Bonchev–Trinajstić information content (AvgIpc) is 3.01. The summed E-state index contributed by atoms with van der Waals surface area (Å²) in [5.74, 6) is 0.248. The van der Waals surface area contributed by atoms with Gasteiger partial charge >= 0.3 is 0 Å². The normalized spacial score (nSPS) is 34.9. The quantitative estimate of drug-likeness (QED) is 0.578. The summed E-state index contributed by atoms with van der Waals surface area (Å²) in [7, 11) is 0. The molecule has 4 atom stereocenters. The molecule has 0 unspecified atom stereocenters. The van der Waals surface area contributed by atoms with E-state index >= 15 is 0 Å². The molecule has 9 heteroatoms. The maximum absolute atomic E-state index is 10.7. The van der Waals surface area contributed by atoms with Gasteiger partial charge in [0.15, 0.2) is 0 Å². The fourth-order valence-electron chi connectivity index (χ4n) is 2.72. The van der Waals surface area contributed by atoms with Gasteiger partial charge in [0, 0.05) is 5.38 Å².